The molecule has 0 spiro atoms. The van der Waals surface area contributed by atoms with Crippen molar-refractivity contribution in [1.29, 1.82) is 0 Å². The highest BCUT2D eigenvalue weighted by molar-refractivity contribution is 5.34. The number of rotatable bonds is 6. The number of benzene rings is 1. The Morgan fingerprint density at radius 2 is 2.00 bits per heavy atom. The lowest BCUT2D eigenvalue weighted by molar-refractivity contribution is 0.444. The number of hydrogen-bond donors (Lipinski definition) is 1. The van der Waals surface area contributed by atoms with Gasteiger partial charge in [0.25, 0.3) is 0 Å². The van der Waals surface area contributed by atoms with Crippen LogP contribution in [0.4, 0.5) is 8.78 Å². The van der Waals surface area contributed by atoms with Crippen molar-refractivity contribution >= 4 is 0 Å². The van der Waals surface area contributed by atoms with Crippen molar-refractivity contribution in [1.82, 2.24) is 10.3 Å². The first-order valence-corrected chi connectivity index (χ1v) is 6.89. The van der Waals surface area contributed by atoms with E-state index in [4.69, 9.17) is 4.74 Å². The maximum Gasteiger partial charge on any atom is 0.222 e. The Hall–Kier alpha value is -2.01. The van der Waals surface area contributed by atoms with Gasteiger partial charge in [0.15, 0.2) is 11.6 Å². The first kappa shape index (κ1) is 15.4. The highest BCUT2D eigenvalue weighted by Crippen LogP contribution is 2.24. The molecular formula is C16H18F2N2O. The topological polar surface area (TPSA) is 34.2 Å². The molecule has 1 N–H and O–H groups in total. The summed E-state index contributed by atoms with van der Waals surface area (Å²) in [6.45, 7) is 5.67. The van der Waals surface area contributed by atoms with Gasteiger partial charge in [0.2, 0.25) is 5.88 Å². The standard InChI is InChI=1S/C16H18F2N2O/c1-3-6-19-9-12-7-11(2)16(20-10-12)21-13-4-5-14(17)15(18)8-13/h4-5,7-8,10,19H,3,6,9H2,1-2H3. The second-order valence-electron chi connectivity index (χ2n) is 4.82. The summed E-state index contributed by atoms with van der Waals surface area (Å²) in [5.41, 5.74) is 1.90. The fraction of sp³-hybridized carbons (Fsp3) is 0.312. The van der Waals surface area contributed by atoms with Gasteiger partial charge in [0.05, 0.1) is 0 Å². The van der Waals surface area contributed by atoms with E-state index in [0.717, 1.165) is 42.8 Å². The molecule has 0 saturated heterocycles. The summed E-state index contributed by atoms with van der Waals surface area (Å²) < 4.78 is 31.5. The van der Waals surface area contributed by atoms with E-state index in [-0.39, 0.29) is 5.75 Å². The molecule has 0 amide bonds. The Balaban J connectivity index is 2.08. The molecule has 0 saturated carbocycles. The largest absolute Gasteiger partial charge is 0.439 e. The molecule has 112 valence electrons. The quantitative estimate of drug-likeness (QED) is 0.818. The van der Waals surface area contributed by atoms with Gasteiger partial charge in [-0.2, -0.15) is 0 Å². The molecule has 0 unspecified atom stereocenters. The summed E-state index contributed by atoms with van der Waals surface area (Å²) in [5, 5.41) is 3.29. The van der Waals surface area contributed by atoms with Crippen LogP contribution in [0.5, 0.6) is 11.6 Å². The molecular weight excluding hydrogens is 274 g/mol. The zero-order chi connectivity index (χ0) is 15.2. The van der Waals surface area contributed by atoms with Crippen molar-refractivity contribution in [3.8, 4) is 11.6 Å². The fourth-order valence-electron chi connectivity index (χ4n) is 1.89. The number of aromatic nitrogens is 1. The van der Waals surface area contributed by atoms with Crippen LogP contribution in [0.2, 0.25) is 0 Å². The Kier molecular flexibility index (Phi) is 5.22. The lowest BCUT2D eigenvalue weighted by Gasteiger charge is -2.10. The average Bonchev–Trinajstić information content (AvgIpc) is 2.46. The van der Waals surface area contributed by atoms with Crippen LogP contribution in [0, 0.1) is 18.6 Å². The normalized spacial score (nSPS) is 10.7. The molecule has 1 aromatic heterocycles. The number of aryl methyl sites for hydroxylation is 1. The maximum absolute atomic E-state index is 13.1. The minimum Gasteiger partial charge on any atom is -0.439 e. The van der Waals surface area contributed by atoms with Crippen LogP contribution < -0.4 is 10.1 Å². The van der Waals surface area contributed by atoms with Crippen molar-refractivity contribution in [3.63, 3.8) is 0 Å². The van der Waals surface area contributed by atoms with Gasteiger partial charge >= 0.3 is 0 Å². The highest BCUT2D eigenvalue weighted by atomic mass is 19.2. The van der Waals surface area contributed by atoms with Crippen molar-refractivity contribution < 1.29 is 13.5 Å². The van der Waals surface area contributed by atoms with Crippen LogP contribution in [-0.4, -0.2) is 11.5 Å². The van der Waals surface area contributed by atoms with Crippen LogP contribution in [0.15, 0.2) is 30.5 Å². The van der Waals surface area contributed by atoms with E-state index in [1.165, 1.54) is 6.07 Å². The van der Waals surface area contributed by atoms with Crippen LogP contribution in [-0.2, 0) is 6.54 Å². The lowest BCUT2D eigenvalue weighted by Crippen LogP contribution is -2.14. The summed E-state index contributed by atoms with van der Waals surface area (Å²) in [6, 6.07) is 5.37. The smallest absolute Gasteiger partial charge is 0.222 e. The van der Waals surface area contributed by atoms with Crippen molar-refractivity contribution in [2.24, 2.45) is 0 Å². The Bertz CT molecular complexity index is 617. The van der Waals surface area contributed by atoms with Gasteiger partial charge in [-0.25, -0.2) is 13.8 Å². The molecule has 0 fully saturated rings. The fourth-order valence-corrected chi connectivity index (χ4v) is 1.89. The van der Waals surface area contributed by atoms with E-state index in [2.05, 4.69) is 17.2 Å². The third-order valence-electron chi connectivity index (χ3n) is 2.95. The predicted molar refractivity (Wildman–Crippen MR) is 77.4 cm³/mol. The van der Waals surface area contributed by atoms with Gasteiger partial charge in [0.1, 0.15) is 5.75 Å². The summed E-state index contributed by atoms with van der Waals surface area (Å²) in [7, 11) is 0. The van der Waals surface area contributed by atoms with Crippen molar-refractivity contribution in [2.45, 2.75) is 26.8 Å². The molecule has 0 radical (unpaired) electrons. The van der Waals surface area contributed by atoms with Gasteiger partial charge in [-0.1, -0.05) is 6.92 Å². The van der Waals surface area contributed by atoms with Crippen LogP contribution in [0.3, 0.4) is 0 Å². The summed E-state index contributed by atoms with van der Waals surface area (Å²) in [4.78, 5) is 4.23. The lowest BCUT2D eigenvalue weighted by atomic mass is 10.2. The number of nitrogens with one attached hydrogen (secondary N) is 1. The number of nitrogens with zero attached hydrogens (tertiary/aromatic N) is 1. The molecule has 0 aliphatic rings. The highest BCUT2D eigenvalue weighted by Gasteiger charge is 2.07. The molecule has 2 rings (SSSR count). The van der Waals surface area contributed by atoms with Gasteiger partial charge < -0.3 is 10.1 Å². The molecule has 2 aromatic rings. The summed E-state index contributed by atoms with van der Waals surface area (Å²) in [5.74, 6) is -1.23. The minimum atomic E-state index is -0.939. The maximum atomic E-state index is 13.1. The van der Waals surface area contributed by atoms with E-state index in [9.17, 15) is 8.78 Å². The van der Waals surface area contributed by atoms with Gasteiger partial charge in [0, 0.05) is 24.4 Å². The summed E-state index contributed by atoms with van der Waals surface area (Å²) in [6.07, 6.45) is 2.79. The Labute approximate surface area is 123 Å². The number of ether oxygens (including phenoxy) is 1. The first-order chi connectivity index (χ1) is 10.1. The first-order valence-electron chi connectivity index (χ1n) is 6.89. The number of pyridine rings is 1. The second-order valence-corrected chi connectivity index (χ2v) is 4.82. The number of hydrogen-bond acceptors (Lipinski definition) is 3. The third kappa shape index (κ3) is 4.23. The van der Waals surface area contributed by atoms with Crippen LogP contribution in [0.1, 0.15) is 24.5 Å². The Morgan fingerprint density at radius 3 is 2.67 bits per heavy atom. The van der Waals surface area contributed by atoms with Gasteiger partial charge in [-0.3, -0.25) is 0 Å². The minimum absolute atomic E-state index is 0.223. The molecule has 0 bridgehead atoms. The van der Waals surface area contributed by atoms with Crippen molar-refractivity contribution in [3.05, 3.63) is 53.2 Å². The van der Waals surface area contributed by atoms with Gasteiger partial charge in [-0.15, -0.1) is 0 Å². The third-order valence-corrected chi connectivity index (χ3v) is 2.95. The zero-order valence-corrected chi connectivity index (χ0v) is 12.1. The van der Waals surface area contributed by atoms with E-state index < -0.39 is 11.6 Å². The monoisotopic (exact) mass is 292 g/mol. The Morgan fingerprint density at radius 1 is 1.19 bits per heavy atom. The van der Waals surface area contributed by atoms with Crippen LogP contribution in [0.25, 0.3) is 0 Å². The van der Waals surface area contributed by atoms with Gasteiger partial charge in [-0.05, 0) is 43.7 Å². The van der Waals surface area contributed by atoms with E-state index in [1.54, 1.807) is 6.20 Å². The molecule has 0 atom stereocenters. The molecule has 0 aliphatic carbocycles. The summed E-state index contributed by atoms with van der Waals surface area (Å²) >= 11 is 0. The van der Waals surface area contributed by atoms with E-state index >= 15 is 0 Å². The molecule has 3 nitrogen and oxygen atoms in total. The molecule has 0 aliphatic heterocycles. The van der Waals surface area contributed by atoms with E-state index in [1.807, 2.05) is 13.0 Å². The zero-order valence-electron chi connectivity index (χ0n) is 12.1. The SMILES string of the molecule is CCCNCc1cnc(Oc2ccc(F)c(F)c2)c(C)c1. The number of halogens is 2. The predicted octanol–water partition coefficient (Wildman–Crippen LogP) is 3.96. The van der Waals surface area contributed by atoms with Crippen molar-refractivity contribution in [2.75, 3.05) is 6.54 Å². The molecule has 5 heteroatoms. The molecule has 1 aromatic carbocycles. The second kappa shape index (κ2) is 7.13. The average molecular weight is 292 g/mol. The molecule has 1 heterocycles. The van der Waals surface area contributed by atoms with Crippen LogP contribution >= 0.6 is 0 Å². The molecule has 21 heavy (non-hydrogen) atoms. The van der Waals surface area contributed by atoms with E-state index in [0.29, 0.717) is 5.88 Å².